The first-order valence-corrected chi connectivity index (χ1v) is 8.53. The molecule has 1 fully saturated rings. The molecule has 2 aromatic rings. The number of aromatic nitrogens is 2. The summed E-state index contributed by atoms with van der Waals surface area (Å²) in [5.41, 5.74) is 6.64. The monoisotopic (exact) mass is 307 g/mol. The van der Waals surface area contributed by atoms with Crippen LogP contribution in [0.4, 0.5) is 0 Å². The second kappa shape index (κ2) is 5.14. The van der Waals surface area contributed by atoms with Crippen molar-refractivity contribution >= 4 is 26.8 Å². The lowest BCUT2D eigenvalue weighted by atomic mass is 9.88. The highest BCUT2D eigenvalue weighted by molar-refractivity contribution is 7.91. The number of fused-ring (bicyclic) bond motifs is 1. The number of benzene rings is 1. The van der Waals surface area contributed by atoms with Crippen molar-refractivity contribution in [1.29, 1.82) is 0 Å². The quantitative estimate of drug-likeness (QED) is 0.893. The van der Waals surface area contributed by atoms with Gasteiger partial charge in [-0.1, -0.05) is 25.0 Å². The van der Waals surface area contributed by atoms with Crippen LogP contribution in [0.3, 0.4) is 0 Å². The molecule has 1 aliphatic rings. The van der Waals surface area contributed by atoms with E-state index in [9.17, 15) is 13.2 Å². The highest BCUT2D eigenvalue weighted by Gasteiger charge is 2.40. The summed E-state index contributed by atoms with van der Waals surface area (Å²) in [4.78, 5) is 18.5. The van der Waals surface area contributed by atoms with Crippen LogP contribution in [0.15, 0.2) is 29.4 Å². The summed E-state index contributed by atoms with van der Waals surface area (Å²) in [5.74, 6) is -1.17. The standard InChI is InChI=1S/C14H17N3O3S/c15-13(18)9-5-1-4-8-12(9)21(19,20)14-16-10-6-2-3-7-11(10)17-14/h2-3,6-7,9,12H,1,4-5,8H2,(H2,15,18)(H,16,17). The number of nitrogens with two attached hydrogens (primary N) is 1. The number of nitrogens with one attached hydrogen (secondary N) is 1. The van der Waals surface area contributed by atoms with Crippen LogP contribution in [0.25, 0.3) is 11.0 Å². The number of rotatable bonds is 3. The number of amides is 1. The third kappa shape index (κ3) is 2.42. The Bertz CT molecular complexity index is 749. The molecule has 0 bridgehead atoms. The van der Waals surface area contributed by atoms with Gasteiger partial charge in [0.2, 0.25) is 20.9 Å². The number of carbonyl (C=O) groups excluding carboxylic acids is 1. The molecule has 1 aliphatic carbocycles. The number of imidazole rings is 1. The molecule has 0 radical (unpaired) electrons. The van der Waals surface area contributed by atoms with E-state index in [1.165, 1.54) is 0 Å². The topological polar surface area (TPSA) is 106 Å². The summed E-state index contributed by atoms with van der Waals surface area (Å²) < 4.78 is 25.5. The third-order valence-electron chi connectivity index (χ3n) is 4.10. The molecule has 21 heavy (non-hydrogen) atoms. The number of aromatic amines is 1. The summed E-state index contributed by atoms with van der Waals surface area (Å²) in [5, 5.41) is -0.842. The van der Waals surface area contributed by atoms with Crippen LogP contribution in [0, 0.1) is 5.92 Å². The number of primary amides is 1. The summed E-state index contributed by atoms with van der Waals surface area (Å²) in [7, 11) is -3.69. The van der Waals surface area contributed by atoms with Crippen LogP contribution in [0.1, 0.15) is 25.7 Å². The van der Waals surface area contributed by atoms with E-state index in [0.717, 1.165) is 12.8 Å². The van der Waals surface area contributed by atoms with Gasteiger partial charge in [-0.3, -0.25) is 4.79 Å². The highest BCUT2D eigenvalue weighted by atomic mass is 32.2. The first-order chi connectivity index (χ1) is 10.00. The second-order valence-electron chi connectivity index (χ2n) is 5.44. The zero-order valence-electron chi connectivity index (χ0n) is 11.5. The zero-order chi connectivity index (χ0) is 15.0. The molecule has 6 nitrogen and oxygen atoms in total. The van der Waals surface area contributed by atoms with Gasteiger partial charge < -0.3 is 10.7 Å². The molecular weight excluding hydrogens is 290 g/mol. The largest absolute Gasteiger partial charge is 0.369 e. The lowest BCUT2D eigenvalue weighted by molar-refractivity contribution is -0.122. The van der Waals surface area contributed by atoms with E-state index in [1.807, 2.05) is 6.07 Å². The van der Waals surface area contributed by atoms with Crippen molar-refractivity contribution in [2.75, 3.05) is 0 Å². The zero-order valence-corrected chi connectivity index (χ0v) is 12.3. The average molecular weight is 307 g/mol. The van der Waals surface area contributed by atoms with Crippen molar-refractivity contribution in [2.24, 2.45) is 11.7 Å². The smallest absolute Gasteiger partial charge is 0.226 e. The molecule has 1 heterocycles. The number of carbonyl (C=O) groups is 1. The van der Waals surface area contributed by atoms with E-state index in [1.54, 1.807) is 18.2 Å². The minimum Gasteiger partial charge on any atom is -0.369 e. The molecule has 2 atom stereocenters. The molecule has 7 heteroatoms. The van der Waals surface area contributed by atoms with E-state index in [0.29, 0.717) is 23.9 Å². The van der Waals surface area contributed by atoms with E-state index in [2.05, 4.69) is 9.97 Å². The van der Waals surface area contributed by atoms with Crippen molar-refractivity contribution in [3.05, 3.63) is 24.3 Å². The molecule has 0 saturated heterocycles. The fraction of sp³-hybridized carbons (Fsp3) is 0.429. The van der Waals surface area contributed by atoms with Crippen molar-refractivity contribution in [1.82, 2.24) is 9.97 Å². The summed E-state index contributed by atoms with van der Waals surface area (Å²) >= 11 is 0. The predicted molar refractivity (Wildman–Crippen MR) is 78.2 cm³/mol. The van der Waals surface area contributed by atoms with Gasteiger partial charge in [-0.2, -0.15) is 0 Å². The first kappa shape index (κ1) is 14.1. The van der Waals surface area contributed by atoms with E-state index in [-0.39, 0.29) is 5.16 Å². The molecule has 1 amide bonds. The fourth-order valence-corrected chi connectivity index (χ4v) is 4.95. The molecule has 0 aliphatic heterocycles. The number of sulfone groups is 1. The lowest BCUT2D eigenvalue weighted by Crippen LogP contribution is -2.41. The minimum absolute atomic E-state index is 0.0677. The Morgan fingerprint density at radius 2 is 1.95 bits per heavy atom. The number of nitrogens with zero attached hydrogens (tertiary/aromatic N) is 1. The van der Waals surface area contributed by atoms with Crippen molar-refractivity contribution in [3.8, 4) is 0 Å². The summed E-state index contributed by atoms with van der Waals surface area (Å²) in [6, 6.07) is 7.13. The van der Waals surface area contributed by atoms with E-state index < -0.39 is 26.9 Å². The maximum absolute atomic E-state index is 12.8. The number of hydrogen-bond donors (Lipinski definition) is 2. The molecular formula is C14H17N3O3S. The molecule has 3 N–H and O–H groups in total. The Kier molecular flexibility index (Phi) is 3.44. The van der Waals surface area contributed by atoms with E-state index in [4.69, 9.17) is 5.73 Å². The number of para-hydroxylation sites is 2. The third-order valence-corrected chi connectivity index (χ3v) is 6.20. The van der Waals surface area contributed by atoms with Crippen LogP contribution < -0.4 is 5.73 Å². The van der Waals surface area contributed by atoms with Crippen molar-refractivity contribution < 1.29 is 13.2 Å². The maximum Gasteiger partial charge on any atom is 0.226 e. The summed E-state index contributed by atoms with van der Waals surface area (Å²) in [6.45, 7) is 0. The highest BCUT2D eigenvalue weighted by Crippen LogP contribution is 2.32. The van der Waals surface area contributed by atoms with Gasteiger partial charge in [-0.25, -0.2) is 13.4 Å². The normalized spacial score (nSPS) is 23.2. The van der Waals surface area contributed by atoms with Crippen LogP contribution in [-0.4, -0.2) is 29.5 Å². The van der Waals surface area contributed by atoms with Crippen LogP contribution in [0.2, 0.25) is 0 Å². The molecule has 112 valence electrons. The Morgan fingerprint density at radius 3 is 2.67 bits per heavy atom. The van der Waals surface area contributed by atoms with Crippen molar-refractivity contribution in [2.45, 2.75) is 36.1 Å². The van der Waals surface area contributed by atoms with Crippen molar-refractivity contribution in [3.63, 3.8) is 0 Å². The van der Waals surface area contributed by atoms with Gasteiger partial charge in [0.05, 0.1) is 22.2 Å². The van der Waals surface area contributed by atoms with Gasteiger partial charge in [0, 0.05) is 0 Å². The van der Waals surface area contributed by atoms with Gasteiger partial charge in [-0.15, -0.1) is 0 Å². The molecule has 1 saturated carbocycles. The van der Waals surface area contributed by atoms with Crippen LogP contribution in [0.5, 0.6) is 0 Å². The second-order valence-corrected chi connectivity index (χ2v) is 7.52. The Morgan fingerprint density at radius 1 is 1.24 bits per heavy atom. The van der Waals surface area contributed by atoms with Crippen LogP contribution >= 0.6 is 0 Å². The van der Waals surface area contributed by atoms with Gasteiger partial charge in [0.15, 0.2) is 0 Å². The molecule has 3 rings (SSSR count). The fourth-order valence-electron chi connectivity index (χ4n) is 3.00. The minimum atomic E-state index is -3.69. The lowest BCUT2D eigenvalue weighted by Gasteiger charge is -2.27. The maximum atomic E-state index is 12.8. The Labute approximate surface area is 122 Å². The summed E-state index contributed by atoms with van der Waals surface area (Å²) in [6.07, 6.45) is 2.60. The average Bonchev–Trinajstić information content (AvgIpc) is 2.92. The molecule has 2 unspecified atom stereocenters. The van der Waals surface area contributed by atoms with Gasteiger partial charge in [0.25, 0.3) is 0 Å². The van der Waals surface area contributed by atoms with Crippen LogP contribution in [-0.2, 0) is 14.6 Å². The Hall–Kier alpha value is -1.89. The predicted octanol–water partition coefficient (Wildman–Crippen LogP) is 1.38. The van der Waals surface area contributed by atoms with Gasteiger partial charge in [0.1, 0.15) is 0 Å². The molecule has 0 spiro atoms. The number of H-pyrrole nitrogens is 1. The Balaban J connectivity index is 2.04. The first-order valence-electron chi connectivity index (χ1n) is 6.98. The molecule has 1 aromatic heterocycles. The SMILES string of the molecule is NC(=O)C1CCCCC1S(=O)(=O)c1nc2ccccc2[nH]1. The van der Waals surface area contributed by atoms with Gasteiger partial charge in [-0.05, 0) is 25.0 Å². The van der Waals surface area contributed by atoms with Gasteiger partial charge >= 0.3 is 0 Å². The van der Waals surface area contributed by atoms with E-state index >= 15 is 0 Å². The molecule has 1 aromatic carbocycles. The number of hydrogen-bond acceptors (Lipinski definition) is 4.